The fourth-order valence-corrected chi connectivity index (χ4v) is 5.06. The topological polar surface area (TPSA) is 107 Å². The Kier molecular flexibility index (Phi) is 7.12. The van der Waals surface area contributed by atoms with Gasteiger partial charge >= 0.3 is 0 Å². The summed E-state index contributed by atoms with van der Waals surface area (Å²) in [6.45, 7) is 18.2. The van der Waals surface area contributed by atoms with E-state index in [1.165, 1.54) is 0 Å². The van der Waals surface area contributed by atoms with Crippen LogP contribution in [-0.4, -0.2) is 43.7 Å². The highest BCUT2D eigenvalue weighted by atomic mass is 28.4. The maximum atomic E-state index is 13.2. The van der Waals surface area contributed by atoms with Crippen LogP contribution in [0.15, 0.2) is 36.9 Å². The molecule has 32 heavy (non-hydrogen) atoms. The van der Waals surface area contributed by atoms with Gasteiger partial charge in [-0.1, -0.05) is 58.9 Å². The van der Waals surface area contributed by atoms with Crippen LogP contribution >= 0.6 is 0 Å². The van der Waals surface area contributed by atoms with Crippen molar-refractivity contribution in [2.24, 2.45) is 11.1 Å². The van der Waals surface area contributed by atoms with Crippen LogP contribution in [0.25, 0.3) is 0 Å². The molecule has 1 aromatic rings. The third-order valence-electron chi connectivity index (χ3n) is 7.10. The Labute approximate surface area is 192 Å². The summed E-state index contributed by atoms with van der Waals surface area (Å²) in [4.78, 5) is 24.5. The van der Waals surface area contributed by atoms with Crippen LogP contribution in [0.2, 0.25) is 18.1 Å². The normalized spacial score (nSPS) is 19.7. The largest absolute Gasteiger partial charge is 0.618 e. The lowest BCUT2D eigenvalue weighted by atomic mass is 9.60. The lowest BCUT2D eigenvalue weighted by Gasteiger charge is -2.43. The molecule has 0 saturated carbocycles. The Morgan fingerprint density at radius 2 is 1.88 bits per heavy atom. The second-order valence-electron chi connectivity index (χ2n) is 10.6. The smallest absolute Gasteiger partial charge is 0.248 e. The van der Waals surface area contributed by atoms with E-state index in [1.54, 1.807) is 12.3 Å². The maximum absolute atomic E-state index is 13.2. The first-order valence-corrected chi connectivity index (χ1v) is 13.8. The zero-order chi connectivity index (χ0) is 24.5. The number of nitrogens with one attached hydrogen (secondary N) is 1. The molecule has 0 spiro atoms. The molecule has 3 N–H and O–H groups in total. The lowest BCUT2D eigenvalue weighted by Crippen LogP contribution is -2.54. The molecule has 0 aliphatic carbocycles. The number of nitrogens with zero attached hydrogens (tertiary/aromatic N) is 1. The van der Waals surface area contributed by atoms with E-state index in [0.29, 0.717) is 5.69 Å². The van der Waals surface area contributed by atoms with Gasteiger partial charge < -0.3 is 20.7 Å². The number of primary amides is 1. The van der Waals surface area contributed by atoms with Gasteiger partial charge in [0.05, 0.1) is 12.0 Å². The van der Waals surface area contributed by atoms with Gasteiger partial charge in [0.2, 0.25) is 17.5 Å². The monoisotopic (exact) mass is 459 g/mol. The van der Waals surface area contributed by atoms with E-state index in [-0.39, 0.29) is 18.0 Å². The van der Waals surface area contributed by atoms with E-state index in [2.05, 4.69) is 45.8 Å². The van der Waals surface area contributed by atoms with Gasteiger partial charge in [0.15, 0.2) is 14.5 Å². The highest BCUT2D eigenvalue weighted by Crippen LogP contribution is 2.51. The van der Waals surface area contributed by atoms with Crippen LogP contribution in [0.3, 0.4) is 0 Å². The molecule has 176 valence electrons. The van der Waals surface area contributed by atoms with Crippen LogP contribution in [0.5, 0.6) is 0 Å². The molecule has 2 amide bonds. The molecule has 0 unspecified atom stereocenters. The minimum absolute atomic E-state index is 0.141. The number of para-hydroxylation sites is 1. The number of carbonyl (C=O) groups excluding carboxylic acids is 2. The van der Waals surface area contributed by atoms with Crippen molar-refractivity contribution in [1.29, 1.82) is 0 Å². The molecule has 1 aliphatic heterocycles. The summed E-state index contributed by atoms with van der Waals surface area (Å²) < 4.78 is 7.44. The van der Waals surface area contributed by atoms with Gasteiger partial charge in [-0.2, -0.15) is 4.74 Å². The van der Waals surface area contributed by atoms with Crippen LogP contribution in [0, 0.1) is 10.6 Å². The number of nitrogens with two attached hydrogens (primary N) is 1. The van der Waals surface area contributed by atoms with E-state index in [0.717, 1.165) is 10.3 Å². The molecule has 2 rings (SSSR count). The molecule has 0 radical (unpaired) electrons. The third-order valence-corrected chi connectivity index (χ3v) is 11.6. The quantitative estimate of drug-likeness (QED) is 0.254. The average Bonchev–Trinajstić information content (AvgIpc) is 2.98. The molecule has 0 saturated heterocycles. The summed E-state index contributed by atoms with van der Waals surface area (Å²) in [5, 5.41) is 15.4. The number of rotatable bonds is 9. The van der Waals surface area contributed by atoms with Crippen molar-refractivity contribution in [2.45, 2.75) is 70.7 Å². The molecule has 0 fully saturated rings. The van der Waals surface area contributed by atoms with Gasteiger partial charge in [-0.15, -0.1) is 6.58 Å². The van der Waals surface area contributed by atoms with E-state index in [9.17, 15) is 14.8 Å². The van der Waals surface area contributed by atoms with E-state index in [1.807, 2.05) is 38.1 Å². The SMILES string of the molecule is C=CC(C)(C)[C@@]1(C[C@@H](O[Si](C)(C)C(C)(C)C)C(=O)NCC(N)=O)C=[N+]([O-])c2ccccc21. The summed E-state index contributed by atoms with van der Waals surface area (Å²) >= 11 is 0. The second kappa shape index (κ2) is 8.82. The molecule has 8 heteroatoms. The van der Waals surface area contributed by atoms with Crippen molar-refractivity contribution in [3.05, 3.63) is 47.7 Å². The summed E-state index contributed by atoms with van der Waals surface area (Å²) in [5.41, 5.74) is 5.22. The first kappa shape index (κ1) is 25.8. The molecule has 7 nitrogen and oxygen atoms in total. The van der Waals surface area contributed by atoms with Gasteiger partial charge in [0, 0.05) is 23.5 Å². The standard InChI is InChI=1S/C24H37N3O4Si/c1-9-23(5,6)24(16-27(30)18-13-11-10-12-17(18)24)14-19(21(29)26-15-20(25)28)31-32(7,8)22(2,3)4/h9-13,16,19H,1,14-15H2,2-8H3,(H2,25,28)(H,26,29)/t19-,24+/m1/s1. The lowest BCUT2D eigenvalue weighted by molar-refractivity contribution is -0.352. The number of carbonyl (C=O) groups is 2. The average molecular weight is 460 g/mol. The Balaban J connectivity index is 2.60. The minimum Gasteiger partial charge on any atom is -0.618 e. The highest BCUT2D eigenvalue weighted by Gasteiger charge is 2.55. The summed E-state index contributed by atoms with van der Waals surface area (Å²) in [7, 11) is -2.38. The van der Waals surface area contributed by atoms with Crippen LogP contribution in [0.1, 0.15) is 46.6 Å². The maximum Gasteiger partial charge on any atom is 0.248 e. The molecular weight excluding hydrogens is 422 g/mol. The molecular formula is C24H37N3O4Si. The predicted octanol–water partition coefficient (Wildman–Crippen LogP) is 3.74. The van der Waals surface area contributed by atoms with Crippen molar-refractivity contribution >= 4 is 32.0 Å². The first-order valence-electron chi connectivity index (χ1n) is 10.9. The van der Waals surface area contributed by atoms with Crippen LogP contribution < -0.4 is 11.1 Å². The Hall–Kier alpha value is -2.45. The van der Waals surface area contributed by atoms with E-state index in [4.69, 9.17) is 10.2 Å². The minimum atomic E-state index is -2.38. The molecule has 0 aromatic heterocycles. The molecule has 1 aromatic carbocycles. The summed E-state index contributed by atoms with van der Waals surface area (Å²) in [6, 6.07) is 7.39. The number of benzene rings is 1. The van der Waals surface area contributed by atoms with E-state index >= 15 is 0 Å². The molecule has 2 atom stereocenters. The van der Waals surface area contributed by atoms with Crippen molar-refractivity contribution in [3.8, 4) is 0 Å². The van der Waals surface area contributed by atoms with Crippen LogP contribution in [0.4, 0.5) is 5.69 Å². The van der Waals surface area contributed by atoms with Gasteiger partial charge in [0.1, 0.15) is 6.10 Å². The highest BCUT2D eigenvalue weighted by molar-refractivity contribution is 6.74. The van der Waals surface area contributed by atoms with Crippen molar-refractivity contribution in [1.82, 2.24) is 5.32 Å². The zero-order valence-corrected chi connectivity index (χ0v) is 21.3. The number of hydrogen-bond donors (Lipinski definition) is 2. The molecule has 1 aliphatic rings. The first-order chi connectivity index (χ1) is 14.6. The van der Waals surface area contributed by atoms with Gasteiger partial charge in [-0.05, 0) is 18.1 Å². The van der Waals surface area contributed by atoms with E-state index < -0.39 is 37.1 Å². The second-order valence-corrected chi connectivity index (χ2v) is 15.4. The zero-order valence-electron chi connectivity index (χ0n) is 20.3. The fraction of sp³-hybridized carbons (Fsp3) is 0.542. The molecule has 1 heterocycles. The van der Waals surface area contributed by atoms with Crippen LogP contribution in [-0.2, 0) is 19.4 Å². The number of amides is 2. The Bertz CT molecular complexity index is 933. The predicted molar refractivity (Wildman–Crippen MR) is 130 cm³/mol. The Morgan fingerprint density at radius 3 is 2.41 bits per heavy atom. The number of allylic oxidation sites excluding steroid dienone is 1. The fourth-order valence-electron chi connectivity index (χ4n) is 3.80. The van der Waals surface area contributed by atoms with Crippen molar-refractivity contribution in [3.63, 3.8) is 0 Å². The van der Waals surface area contributed by atoms with Crippen molar-refractivity contribution in [2.75, 3.05) is 6.54 Å². The number of hydrogen-bond acceptors (Lipinski definition) is 4. The van der Waals surface area contributed by atoms with Gasteiger partial charge in [-0.25, -0.2) is 0 Å². The summed E-state index contributed by atoms with van der Waals surface area (Å²) in [5.74, 6) is -1.04. The van der Waals surface area contributed by atoms with Gasteiger partial charge in [-0.3, -0.25) is 9.59 Å². The Morgan fingerprint density at radius 1 is 1.28 bits per heavy atom. The summed E-state index contributed by atoms with van der Waals surface area (Å²) in [6.07, 6.45) is 2.77. The third kappa shape index (κ3) is 4.81. The van der Waals surface area contributed by atoms with Crippen molar-refractivity contribution < 1.29 is 18.8 Å². The van der Waals surface area contributed by atoms with Gasteiger partial charge in [0.25, 0.3) is 0 Å². The molecule has 0 bridgehead atoms. The number of fused-ring (bicyclic) bond motifs is 1.